The molecular formula is C19H24O4Si. The van der Waals surface area contributed by atoms with E-state index in [1.54, 1.807) is 19.1 Å². The molecule has 24 heavy (non-hydrogen) atoms. The van der Waals surface area contributed by atoms with E-state index in [9.17, 15) is 4.79 Å². The molecule has 0 fully saturated rings. The number of aryl methyl sites for hydroxylation is 2. The van der Waals surface area contributed by atoms with Crippen LogP contribution in [0.15, 0.2) is 28.7 Å². The Morgan fingerprint density at radius 3 is 2.83 bits per heavy atom. The molecule has 3 rings (SSSR count). The van der Waals surface area contributed by atoms with Crippen molar-refractivity contribution in [3.63, 3.8) is 0 Å². The highest BCUT2D eigenvalue weighted by Gasteiger charge is 2.30. The number of furan rings is 1. The summed E-state index contributed by atoms with van der Waals surface area (Å²) in [5.74, 6) is 0.817. The second kappa shape index (κ2) is 6.47. The number of hydrogen-bond acceptors (Lipinski definition) is 4. The fourth-order valence-electron chi connectivity index (χ4n) is 3.35. The minimum Gasteiger partial charge on any atom is -0.460 e. The van der Waals surface area contributed by atoms with E-state index in [1.165, 1.54) is 23.2 Å². The van der Waals surface area contributed by atoms with Gasteiger partial charge in [0.15, 0.2) is 0 Å². The molecule has 0 amide bonds. The number of carbonyl (C=O) groups excluding carboxylic acids is 1. The molecule has 0 aliphatic carbocycles. The highest BCUT2D eigenvalue weighted by molar-refractivity contribution is 6.90. The van der Waals surface area contributed by atoms with E-state index in [1.807, 2.05) is 6.92 Å². The average molecular weight is 344 g/mol. The number of benzene rings is 1. The summed E-state index contributed by atoms with van der Waals surface area (Å²) in [7, 11) is -1.39. The van der Waals surface area contributed by atoms with Crippen molar-refractivity contribution >= 4 is 19.2 Å². The normalized spacial score (nSPS) is 15.7. The highest BCUT2D eigenvalue weighted by atomic mass is 28.3. The number of rotatable bonds is 4. The Bertz CT molecular complexity index is 761. The zero-order valence-electron chi connectivity index (χ0n) is 14.8. The third-order valence-corrected chi connectivity index (χ3v) is 8.17. The lowest BCUT2D eigenvalue weighted by molar-refractivity contribution is 0.0485. The first-order chi connectivity index (χ1) is 11.4. The molecule has 1 aliphatic rings. The van der Waals surface area contributed by atoms with Gasteiger partial charge in [-0.2, -0.15) is 0 Å². The quantitative estimate of drug-likeness (QED) is 0.608. The highest BCUT2D eigenvalue weighted by Crippen LogP contribution is 2.31. The van der Waals surface area contributed by atoms with Gasteiger partial charge in [-0.15, -0.1) is 0 Å². The summed E-state index contributed by atoms with van der Waals surface area (Å²) in [5.41, 5.74) is 2.56. The zero-order chi connectivity index (χ0) is 17.3. The standard InChI is InChI=1S/C19H24O4Si/c1-5-21-19(20)15-8-9-18(22-15)23-16-12-17-14(11-13(16)2)7-6-10-24(17,3)4/h8-9,11-12H,5-7,10H2,1-4H3. The van der Waals surface area contributed by atoms with Gasteiger partial charge in [0.25, 0.3) is 5.95 Å². The van der Waals surface area contributed by atoms with Gasteiger partial charge < -0.3 is 13.9 Å². The third kappa shape index (κ3) is 3.26. The van der Waals surface area contributed by atoms with Crippen LogP contribution in [0.2, 0.25) is 19.1 Å². The predicted molar refractivity (Wildman–Crippen MR) is 96.2 cm³/mol. The van der Waals surface area contributed by atoms with E-state index in [0.717, 1.165) is 17.7 Å². The van der Waals surface area contributed by atoms with E-state index in [2.05, 4.69) is 25.2 Å². The maximum Gasteiger partial charge on any atom is 0.374 e. The van der Waals surface area contributed by atoms with Crippen LogP contribution in [0.25, 0.3) is 0 Å². The Kier molecular flexibility index (Phi) is 4.54. The Hall–Kier alpha value is -2.01. The number of hydrogen-bond donors (Lipinski definition) is 0. The first kappa shape index (κ1) is 16.8. The molecule has 4 nitrogen and oxygen atoms in total. The fraction of sp³-hybridized carbons (Fsp3) is 0.421. The van der Waals surface area contributed by atoms with Gasteiger partial charge in [-0.25, -0.2) is 4.79 Å². The number of esters is 1. The second-order valence-electron chi connectivity index (χ2n) is 6.95. The number of fused-ring (bicyclic) bond motifs is 1. The van der Waals surface area contributed by atoms with Gasteiger partial charge in [-0.1, -0.05) is 36.8 Å². The Morgan fingerprint density at radius 2 is 2.08 bits per heavy atom. The lowest BCUT2D eigenvalue weighted by Crippen LogP contribution is -2.46. The van der Waals surface area contributed by atoms with Crippen LogP contribution in [-0.2, 0) is 11.2 Å². The van der Waals surface area contributed by atoms with Crippen molar-refractivity contribution in [3.8, 4) is 11.7 Å². The van der Waals surface area contributed by atoms with Crippen LogP contribution in [0, 0.1) is 6.92 Å². The first-order valence-corrected chi connectivity index (χ1v) is 11.7. The van der Waals surface area contributed by atoms with Crippen molar-refractivity contribution < 1.29 is 18.7 Å². The van der Waals surface area contributed by atoms with Crippen LogP contribution in [0.4, 0.5) is 0 Å². The zero-order valence-corrected chi connectivity index (χ0v) is 15.8. The van der Waals surface area contributed by atoms with E-state index in [-0.39, 0.29) is 5.76 Å². The summed E-state index contributed by atoms with van der Waals surface area (Å²) in [5, 5.41) is 1.48. The van der Waals surface area contributed by atoms with Crippen molar-refractivity contribution in [3.05, 3.63) is 41.2 Å². The summed E-state index contributed by atoms with van der Waals surface area (Å²) in [6.07, 6.45) is 2.44. The van der Waals surface area contributed by atoms with Crippen molar-refractivity contribution in [2.45, 2.75) is 45.8 Å². The molecule has 0 spiro atoms. The van der Waals surface area contributed by atoms with Gasteiger partial charge in [0.05, 0.1) is 14.7 Å². The van der Waals surface area contributed by atoms with Crippen LogP contribution in [-0.4, -0.2) is 20.7 Å². The summed E-state index contributed by atoms with van der Waals surface area (Å²) >= 11 is 0. The molecule has 1 aromatic heterocycles. The SMILES string of the molecule is CCOC(=O)c1ccc(Oc2cc3c(cc2C)CCC[Si]3(C)C)o1. The van der Waals surface area contributed by atoms with Gasteiger partial charge in [0, 0.05) is 6.07 Å². The molecule has 5 heteroatoms. The van der Waals surface area contributed by atoms with Gasteiger partial charge in [0.2, 0.25) is 5.76 Å². The van der Waals surface area contributed by atoms with Gasteiger partial charge in [0.1, 0.15) is 5.75 Å². The average Bonchev–Trinajstić information content (AvgIpc) is 2.97. The van der Waals surface area contributed by atoms with Crippen LogP contribution >= 0.6 is 0 Å². The van der Waals surface area contributed by atoms with Gasteiger partial charge in [-0.3, -0.25) is 0 Å². The predicted octanol–water partition coefficient (Wildman–Crippen LogP) is 4.42. The molecule has 2 aromatic rings. The van der Waals surface area contributed by atoms with E-state index in [4.69, 9.17) is 13.9 Å². The van der Waals surface area contributed by atoms with Crippen LogP contribution in [0.3, 0.4) is 0 Å². The third-order valence-electron chi connectivity index (χ3n) is 4.65. The molecule has 0 unspecified atom stereocenters. The van der Waals surface area contributed by atoms with E-state index >= 15 is 0 Å². The molecule has 1 aromatic carbocycles. The summed E-state index contributed by atoms with van der Waals surface area (Å²) < 4.78 is 16.3. The van der Waals surface area contributed by atoms with Crippen LogP contribution < -0.4 is 9.92 Å². The minimum absolute atomic E-state index is 0.164. The molecule has 2 heterocycles. The first-order valence-electron chi connectivity index (χ1n) is 8.49. The lowest BCUT2D eigenvalue weighted by atomic mass is 10.1. The van der Waals surface area contributed by atoms with Gasteiger partial charge in [-0.05, 0) is 43.5 Å². The fourth-order valence-corrected chi connectivity index (χ4v) is 6.26. The summed E-state index contributed by atoms with van der Waals surface area (Å²) in [6.45, 7) is 8.96. The Morgan fingerprint density at radius 1 is 1.29 bits per heavy atom. The Balaban J connectivity index is 1.87. The second-order valence-corrected chi connectivity index (χ2v) is 11.8. The summed E-state index contributed by atoms with van der Waals surface area (Å²) in [6, 6.07) is 8.99. The lowest BCUT2D eigenvalue weighted by Gasteiger charge is -2.31. The summed E-state index contributed by atoms with van der Waals surface area (Å²) in [4.78, 5) is 11.7. The minimum atomic E-state index is -1.39. The van der Waals surface area contributed by atoms with Crippen molar-refractivity contribution in [1.29, 1.82) is 0 Å². The maximum absolute atomic E-state index is 11.7. The smallest absolute Gasteiger partial charge is 0.374 e. The largest absolute Gasteiger partial charge is 0.460 e. The molecule has 0 radical (unpaired) electrons. The van der Waals surface area contributed by atoms with E-state index < -0.39 is 14.0 Å². The molecular weight excluding hydrogens is 320 g/mol. The van der Waals surface area contributed by atoms with Crippen LogP contribution in [0.1, 0.15) is 35.0 Å². The molecule has 0 N–H and O–H groups in total. The van der Waals surface area contributed by atoms with Gasteiger partial charge >= 0.3 is 5.97 Å². The molecule has 0 saturated carbocycles. The topological polar surface area (TPSA) is 48.7 Å². The van der Waals surface area contributed by atoms with E-state index in [0.29, 0.717) is 12.6 Å². The van der Waals surface area contributed by atoms with Crippen LogP contribution in [0.5, 0.6) is 11.7 Å². The number of ether oxygens (including phenoxy) is 2. The van der Waals surface area contributed by atoms with Crippen molar-refractivity contribution in [2.75, 3.05) is 6.61 Å². The molecule has 1 aliphatic heterocycles. The maximum atomic E-state index is 11.7. The van der Waals surface area contributed by atoms with Crippen molar-refractivity contribution in [1.82, 2.24) is 0 Å². The molecule has 0 saturated heterocycles. The Labute approximate surface area is 143 Å². The monoisotopic (exact) mass is 344 g/mol. The van der Waals surface area contributed by atoms with Crippen molar-refractivity contribution in [2.24, 2.45) is 0 Å². The number of carbonyl (C=O) groups is 1. The molecule has 128 valence electrons. The molecule has 0 bridgehead atoms. The molecule has 0 atom stereocenters.